The summed E-state index contributed by atoms with van der Waals surface area (Å²) in [5, 5.41) is 0. The van der Waals surface area contributed by atoms with E-state index in [1.165, 1.54) is 244 Å². The molecule has 86 heavy (non-hydrogen) atoms. The van der Waals surface area contributed by atoms with Gasteiger partial charge in [0, 0.05) is 51.9 Å². The summed E-state index contributed by atoms with van der Waals surface area (Å²) >= 11 is 0. The predicted octanol–water partition coefficient (Wildman–Crippen LogP) is 22.9. The third kappa shape index (κ3) is 58.2. The van der Waals surface area contributed by atoms with Crippen LogP contribution in [-0.4, -0.2) is 98.0 Å². The Morgan fingerprint density at radius 3 is 0.767 bits per heavy atom. The Morgan fingerprint density at radius 2 is 0.465 bits per heavy atom. The van der Waals surface area contributed by atoms with Crippen molar-refractivity contribution in [2.45, 2.75) is 401 Å². The summed E-state index contributed by atoms with van der Waals surface area (Å²) in [7, 11) is 2.23. The smallest absolute Gasteiger partial charge is 0.305 e. The lowest BCUT2D eigenvalue weighted by Crippen LogP contribution is -2.33. The Kier molecular flexibility index (Phi) is 65.5. The van der Waals surface area contributed by atoms with Crippen molar-refractivity contribution in [2.24, 2.45) is 11.8 Å². The first-order valence-electron chi connectivity index (χ1n) is 38.7. The molecule has 0 saturated carbocycles. The third-order valence-electron chi connectivity index (χ3n) is 18.6. The van der Waals surface area contributed by atoms with E-state index in [9.17, 15) is 19.2 Å². The van der Waals surface area contributed by atoms with Crippen LogP contribution in [0.15, 0.2) is 0 Å². The largest absolute Gasteiger partial charge is 0.465 e. The van der Waals surface area contributed by atoms with E-state index in [0.717, 1.165) is 129 Å². The normalized spacial score (nSPS) is 12.3. The number of esters is 2. The van der Waals surface area contributed by atoms with Crippen LogP contribution < -0.4 is 0 Å². The van der Waals surface area contributed by atoms with Crippen LogP contribution >= 0.6 is 0 Å². The van der Waals surface area contributed by atoms with Gasteiger partial charge in [-0.2, -0.15) is 0 Å². The first kappa shape index (κ1) is 83.8. The van der Waals surface area contributed by atoms with Gasteiger partial charge < -0.3 is 24.2 Å². The van der Waals surface area contributed by atoms with Crippen molar-refractivity contribution < 1.29 is 28.7 Å². The third-order valence-corrected chi connectivity index (χ3v) is 18.6. The first-order valence-corrected chi connectivity index (χ1v) is 38.7. The molecule has 2 unspecified atom stereocenters. The van der Waals surface area contributed by atoms with Crippen LogP contribution in [0.4, 0.5) is 0 Å². The van der Waals surface area contributed by atoms with Crippen LogP contribution in [0.25, 0.3) is 0 Å². The first-order chi connectivity index (χ1) is 42.1. The summed E-state index contributed by atoms with van der Waals surface area (Å²) in [4.78, 5) is 59.1. The molecule has 9 nitrogen and oxygen atoms in total. The SMILES string of the molecule is CCCCCCCCC(CCCCCC)COC(=O)CCCCCCCCCN(CCCCCC)C(=O)CCCCCN(C)CCCCCC(=O)N(CCCCCC)CCCCCCCCCC(=O)OCC(CCCCCC)CCCCCCCC. The van der Waals surface area contributed by atoms with Gasteiger partial charge in [-0.3, -0.25) is 19.2 Å². The Labute approximate surface area is 537 Å². The molecule has 9 heteroatoms. The molecule has 0 aromatic rings. The summed E-state index contributed by atoms with van der Waals surface area (Å²) in [5.74, 6) is 1.77. The van der Waals surface area contributed by atoms with Crippen molar-refractivity contribution in [1.29, 1.82) is 0 Å². The molecule has 0 aliphatic carbocycles. The van der Waals surface area contributed by atoms with Crippen LogP contribution in [0.3, 0.4) is 0 Å². The summed E-state index contributed by atoms with van der Waals surface area (Å²) in [6.45, 7) is 20.6. The average Bonchev–Trinajstić information content (AvgIpc) is 3.53. The second-order valence-corrected chi connectivity index (χ2v) is 27.2. The van der Waals surface area contributed by atoms with E-state index in [4.69, 9.17) is 9.47 Å². The van der Waals surface area contributed by atoms with Crippen LogP contribution in [0, 0.1) is 11.8 Å². The van der Waals surface area contributed by atoms with Crippen LogP contribution in [0.5, 0.6) is 0 Å². The van der Waals surface area contributed by atoms with Crippen LogP contribution in [-0.2, 0) is 28.7 Å². The van der Waals surface area contributed by atoms with Crippen molar-refractivity contribution in [3.05, 3.63) is 0 Å². The molecular formula is C77H151N3O6. The highest BCUT2D eigenvalue weighted by Crippen LogP contribution is 2.23. The quantitative estimate of drug-likeness (QED) is 0.0442. The Bertz CT molecular complexity index is 1340. The molecule has 0 heterocycles. The fraction of sp³-hybridized carbons (Fsp3) is 0.948. The van der Waals surface area contributed by atoms with Crippen LogP contribution in [0.1, 0.15) is 401 Å². The van der Waals surface area contributed by atoms with Gasteiger partial charge in [-0.05, 0) is 122 Å². The van der Waals surface area contributed by atoms with Gasteiger partial charge in [0.1, 0.15) is 0 Å². The number of nitrogens with zero attached hydrogens (tertiary/aromatic N) is 3. The topological polar surface area (TPSA) is 96.5 Å². The number of carbonyl (C=O) groups is 4. The molecule has 2 amide bonds. The molecule has 0 radical (unpaired) electrons. The van der Waals surface area contributed by atoms with E-state index >= 15 is 0 Å². The molecule has 0 bridgehead atoms. The van der Waals surface area contributed by atoms with E-state index in [-0.39, 0.29) is 11.9 Å². The molecule has 0 aliphatic heterocycles. The minimum atomic E-state index is 0.00380. The van der Waals surface area contributed by atoms with Gasteiger partial charge in [0.15, 0.2) is 0 Å². The lowest BCUT2D eigenvalue weighted by atomic mass is 9.95. The number of amides is 2. The monoisotopic (exact) mass is 1210 g/mol. The maximum Gasteiger partial charge on any atom is 0.305 e. The predicted molar refractivity (Wildman–Crippen MR) is 372 cm³/mol. The van der Waals surface area contributed by atoms with Gasteiger partial charge in [-0.1, -0.05) is 286 Å². The molecule has 510 valence electrons. The lowest BCUT2D eigenvalue weighted by Gasteiger charge is -2.23. The summed E-state index contributed by atoms with van der Waals surface area (Å²) < 4.78 is 11.7. The number of rotatable bonds is 70. The summed E-state index contributed by atoms with van der Waals surface area (Å²) in [6, 6.07) is 0. The van der Waals surface area contributed by atoms with Gasteiger partial charge >= 0.3 is 11.9 Å². The molecule has 0 aliphatic rings. The highest BCUT2D eigenvalue weighted by molar-refractivity contribution is 5.76. The van der Waals surface area contributed by atoms with Crippen molar-refractivity contribution in [3.8, 4) is 0 Å². The number of ether oxygens (including phenoxy) is 2. The van der Waals surface area contributed by atoms with Gasteiger partial charge in [0.25, 0.3) is 0 Å². The fourth-order valence-corrected chi connectivity index (χ4v) is 12.5. The minimum Gasteiger partial charge on any atom is -0.465 e. The van der Waals surface area contributed by atoms with E-state index < -0.39 is 0 Å². The van der Waals surface area contributed by atoms with Crippen molar-refractivity contribution >= 4 is 23.8 Å². The maximum atomic E-state index is 13.5. The van der Waals surface area contributed by atoms with Crippen LogP contribution in [0.2, 0.25) is 0 Å². The van der Waals surface area contributed by atoms with E-state index in [0.29, 0.717) is 62.5 Å². The average molecular weight is 1220 g/mol. The van der Waals surface area contributed by atoms with Crippen molar-refractivity contribution in [2.75, 3.05) is 59.5 Å². The zero-order valence-corrected chi connectivity index (χ0v) is 59.2. The summed E-state index contributed by atoms with van der Waals surface area (Å²) in [5.41, 5.74) is 0. The lowest BCUT2D eigenvalue weighted by molar-refractivity contribution is -0.146. The Hall–Kier alpha value is -2.16. The van der Waals surface area contributed by atoms with Crippen molar-refractivity contribution in [3.63, 3.8) is 0 Å². The highest BCUT2D eigenvalue weighted by atomic mass is 16.5. The Balaban J connectivity index is 4.41. The number of hydrogen-bond acceptors (Lipinski definition) is 7. The molecule has 0 spiro atoms. The molecule has 0 aromatic carbocycles. The van der Waals surface area contributed by atoms with Crippen molar-refractivity contribution in [1.82, 2.24) is 14.7 Å². The second kappa shape index (κ2) is 67.2. The maximum absolute atomic E-state index is 13.5. The molecule has 0 fully saturated rings. The molecular weight excluding hydrogens is 1060 g/mol. The van der Waals surface area contributed by atoms with Gasteiger partial charge in [0.2, 0.25) is 11.8 Å². The minimum absolute atomic E-state index is 0.00380. The fourth-order valence-electron chi connectivity index (χ4n) is 12.5. The molecule has 0 rings (SSSR count). The van der Waals surface area contributed by atoms with E-state index in [1.54, 1.807) is 0 Å². The number of hydrogen-bond donors (Lipinski definition) is 0. The zero-order valence-electron chi connectivity index (χ0n) is 59.2. The van der Waals surface area contributed by atoms with Gasteiger partial charge in [-0.25, -0.2) is 0 Å². The molecule has 0 saturated heterocycles. The van der Waals surface area contributed by atoms with Gasteiger partial charge in [-0.15, -0.1) is 0 Å². The number of carbonyl (C=O) groups excluding carboxylic acids is 4. The van der Waals surface area contributed by atoms with E-state index in [2.05, 4.69) is 63.3 Å². The molecule has 0 aromatic heterocycles. The molecule has 0 N–H and O–H groups in total. The second-order valence-electron chi connectivity index (χ2n) is 27.2. The standard InChI is InChI=1S/C77H151N3O6/c1-8-14-20-26-34-44-58-72(56-42-22-16-10-3)70-85-76(83)62-48-36-30-28-32-38-54-68-79(66-52-24-18-12-5)74(81)60-46-40-50-64-78(7)65-51-41-47-61-75(82)80(67-53-25-19-13-6)69-55-39-33-29-31-37-49-63-77(84)86-71-73(57-43-23-17-11-4)59-45-35-27-21-15-9-2/h72-73H,8-71H2,1-7H3. The highest BCUT2D eigenvalue weighted by Gasteiger charge is 2.17. The van der Waals surface area contributed by atoms with Gasteiger partial charge in [0.05, 0.1) is 13.2 Å². The number of unbranched alkanes of at least 4 members (excludes halogenated alkanes) is 38. The molecule has 2 atom stereocenters. The zero-order chi connectivity index (χ0) is 62.9. The summed E-state index contributed by atoms with van der Waals surface area (Å²) in [6.07, 6.45) is 65.0. The van der Waals surface area contributed by atoms with E-state index in [1.807, 2.05) is 0 Å². The Morgan fingerprint density at radius 1 is 0.256 bits per heavy atom.